The van der Waals surface area contributed by atoms with E-state index in [0.717, 1.165) is 11.3 Å². The molecule has 5 nitrogen and oxygen atoms in total. The highest BCUT2D eigenvalue weighted by Gasteiger charge is 2.10. The second kappa shape index (κ2) is 3.93. The zero-order valence-corrected chi connectivity index (χ0v) is 9.58. The summed E-state index contributed by atoms with van der Waals surface area (Å²) < 4.78 is 30.8. The lowest BCUT2D eigenvalue weighted by Gasteiger charge is -1.95. The first-order chi connectivity index (χ1) is 6.47. The Kier molecular flexibility index (Phi) is 3.19. The van der Waals surface area contributed by atoms with Crippen molar-refractivity contribution in [2.75, 3.05) is 0 Å². The predicted molar refractivity (Wildman–Crippen MR) is 59.5 cm³/mol. The molecular weight excluding hydrogens is 262 g/mol. The summed E-state index contributed by atoms with van der Waals surface area (Å²) in [4.78, 5) is 13.0. The highest BCUT2D eigenvalue weighted by molar-refractivity contribution is 7.85. The van der Waals surface area contributed by atoms with Crippen LogP contribution in [0, 0.1) is 0 Å². The summed E-state index contributed by atoms with van der Waals surface area (Å²) in [5.74, 6) is 0. The van der Waals surface area contributed by atoms with Gasteiger partial charge >= 0.3 is 4.87 Å². The average Bonchev–Trinajstić information content (AvgIpc) is 2.41. The van der Waals surface area contributed by atoms with E-state index >= 15 is 0 Å². The zero-order valence-electron chi connectivity index (χ0n) is 7.13. The van der Waals surface area contributed by atoms with E-state index in [1.54, 1.807) is 0 Å². The van der Waals surface area contributed by atoms with Crippen LogP contribution in [0.1, 0.15) is 0 Å². The van der Waals surface area contributed by atoms with Crippen molar-refractivity contribution >= 4 is 44.1 Å². The molecule has 0 radical (unpaired) electrons. The summed E-state index contributed by atoms with van der Waals surface area (Å²) in [7, 11) is -4.19. The highest BCUT2D eigenvalue weighted by atomic mass is 35.5. The molecule has 15 heavy (non-hydrogen) atoms. The minimum atomic E-state index is -4.19. The molecule has 0 aliphatic heterocycles. The van der Waals surface area contributed by atoms with Crippen LogP contribution in [0.3, 0.4) is 0 Å². The molecule has 0 fully saturated rings. The maximum absolute atomic E-state index is 10.9. The Morgan fingerprint density at radius 3 is 2.60 bits per heavy atom. The SMILES string of the molecule is Cl.O=c1[nH]c2ccc(S(=O)(=O)O)cc2s1. The monoisotopic (exact) mass is 267 g/mol. The number of hydrogen-bond acceptors (Lipinski definition) is 4. The molecule has 0 spiro atoms. The molecule has 1 heterocycles. The molecule has 0 amide bonds. The van der Waals surface area contributed by atoms with Gasteiger partial charge in [-0.05, 0) is 18.2 Å². The Bertz CT molecular complexity index is 642. The van der Waals surface area contributed by atoms with Gasteiger partial charge in [-0.3, -0.25) is 9.35 Å². The zero-order chi connectivity index (χ0) is 10.3. The lowest BCUT2D eigenvalue weighted by atomic mass is 10.3. The fourth-order valence-corrected chi connectivity index (χ4v) is 2.44. The summed E-state index contributed by atoms with van der Waals surface area (Å²) in [6, 6.07) is 3.93. The lowest BCUT2D eigenvalue weighted by Crippen LogP contribution is -1.96. The molecule has 0 bridgehead atoms. The Hall–Kier alpha value is -0.890. The molecule has 0 saturated heterocycles. The highest BCUT2D eigenvalue weighted by Crippen LogP contribution is 2.18. The van der Waals surface area contributed by atoms with Crippen molar-refractivity contribution in [3.05, 3.63) is 27.9 Å². The van der Waals surface area contributed by atoms with Crippen LogP contribution in [-0.2, 0) is 10.1 Å². The van der Waals surface area contributed by atoms with Crippen molar-refractivity contribution in [1.29, 1.82) is 0 Å². The summed E-state index contributed by atoms with van der Waals surface area (Å²) in [5, 5.41) is 0. The number of rotatable bonds is 1. The van der Waals surface area contributed by atoms with Gasteiger partial charge in [-0.15, -0.1) is 12.4 Å². The number of fused-ring (bicyclic) bond motifs is 1. The van der Waals surface area contributed by atoms with E-state index in [9.17, 15) is 13.2 Å². The number of benzene rings is 1. The number of aromatic nitrogens is 1. The van der Waals surface area contributed by atoms with E-state index in [-0.39, 0.29) is 22.2 Å². The van der Waals surface area contributed by atoms with E-state index < -0.39 is 10.1 Å². The van der Waals surface area contributed by atoms with Gasteiger partial charge in [-0.1, -0.05) is 11.3 Å². The Morgan fingerprint density at radius 2 is 2.00 bits per heavy atom. The van der Waals surface area contributed by atoms with Crippen molar-refractivity contribution in [1.82, 2.24) is 4.98 Å². The van der Waals surface area contributed by atoms with Gasteiger partial charge < -0.3 is 4.98 Å². The van der Waals surface area contributed by atoms with Crippen LogP contribution in [-0.4, -0.2) is 18.0 Å². The minimum Gasteiger partial charge on any atom is -0.312 e. The summed E-state index contributed by atoms with van der Waals surface area (Å²) in [6.45, 7) is 0. The van der Waals surface area contributed by atoms with Gasteiger partial charge in [0.1, 0.15) is 0 Å². The summed E-state index contributed by atoms with van der Waals surface area (Å²) >= 11 is 0.896. The molecule has 2 aromatic rings. The third kappa shape index (κ3) is 2.37. The summed E-state index contributed by atoms with van der Waals surface area (Å²) in [6.07, 6.45) is 0. The van der Waals surface area contributed by atoms with Crippen LogP contribution < -0.4 is 4.87 Å². The predicted octanol–water partition coefficient (Wildman–Crippen LogP) is 1.26. The van der Waals surface area contributed by atoms with Gasteiger partial charge in [0.2, 0.25) is 0 Å². The van der Waals surface area contributed by atoms with Crippen LogP contribution in [0.15, 0.2) is 27.9 Å². The molecule has 0 aliphatic rings. The van der Waals surface area contributed by atoms with E-state index in [4.69, 9.17) is 4.55 Å². The van der Waals surface area contributed by atoms with Crippen LogP contribution in [0.5, 0.6) is 0 Å². The molecule has 2 N–H and O–H groups in total. The number of nitrogens with one attached hydrogen (secondary N) is 1. The fraction of sp³-hybridized carbons (Fsp3) is 0. The standard InChI is InChI=1S/C7H5NO4S2.ClH/c9-7-8-5-2-1-4(14(10,11)12)3-6(5)13-7;/h1-3H,(H,8,9)(H,10,11,12);1H. The molecule has 2 rings (SSSR count). The largest absolute Gasteiger partial charge is 0.312 e. The van der Waals surface area contributed by atoms with Gasteiger partial charge in [0, 0.05) is 0 Å². The van der Waals surface area contributed by atoms with Crippen molar-refractivity contribution in [3.8, 4) is 0 Å². The Morgan fingerprint density at radius 1 is 1.33 bits per heavy atom. The molecule has 1 aromatic heterocycles. The lowest BCUT2D eigenvalue weighted by molar-refractivity contribution is 0.483. The van der Waals surface area contributed by atoms with Gasteiger partial charge in [-0.25, -0.2) is 0 Å². The van der Waals surface area contributed by atoms with E-state index in [0.29, 0.717) is 10.2 Å². The first kappa shape index (κ1) is 12.2. The maximum Gasteiger partial charge on any atom is 0.305 e. The van der Waals surface area contributed by atoms with Crippen molar-refractivity contribution in [2.45, 2.75) is 4.90 Å². The van der Waals surface area contributed by atoms with Crippen molar-refractivity contribution < 1.29 is 13.0 Å². The molecular formula is C7H6ClNO4S2. The third-order valence-corrected chi connectivity index (χ3v) is 3.39. The second-order valence-corrected chi connectivity index (χ2v) is 5.08. The second-order valence-electron chi connectivity index (χ2n) is 2.65. The van der Waals surface area contributed by atoms with Crippen LogP contribution in [0.4, 0.5) is 0 Å². The van der Waals surface area contributed by atoms with Crippen LogP contribution in [0.2, 0.25) is 0 Å². The number of thiazole rings is 1. The average molecular weight is 268 g/mol. The number of aromatic amines is 1. The van der Waals surface area contributed by atoms with Gasteiger partial charge in [0.15, 0.2) is 0 Å². The Labute approximate surface area is 94.9 Å². The molecule has 0 aliphatic carbocycles. The van der Waals surface area contributed by atoms with Gasteiger partial charge in [0.25, 0.3) is 10.1 Å². The molecule has 0 atom stereocenters. The minimum absolute atomic E-state index is 0. The Balaban J connectivity index is 0.00000112. The smallest absolute Gasteiger partial charge is 0.305 e. The van der Waals surface area contributed by atoms with Gasteiger partial charge in [-0.2, -0.15) is 8.42 Å². The number of H-pyrrole nitrogens is 1. The van der Waals surface area contributed by atoms with E-state index in [1.807, 2.05) is 0 Å². The molecule has 0 unspecified atom stereocenters. The quantitative estimate of drug-likeness (QED) is 0.762. The molecule has 82 valence electrons. The van der Waals surface area contributed by atoms with Gasteiger partial charge in [0.05, 0.1) is 15.1 Å². The first-order valence-electron chi connectivity index (χ1n) is 3.57. The molecule has 8 heteroatoms. The normalized spacial score (nSPS) is 11.3. The molecule has 0 saturated carbocycles. The van der Waals surface area contributed by atoms with Crippen LogP contribution in [0.25, 0.3) is 10.2 Å². The first-order valence-corrected chi connectivity index (χ1v) is 5.83. The fourth-order valence-electron chi connectivity index (χ4n) is 1.09. The van der Waals surface area contributed by atoms with E-state index in [2.05, 4.69) is 4.98 Å². The van der Waals surface area contributed by atoms with Crippen LogP contribution >= 0.6 is 23.7 Å². The topological polar surface area (TPSA) is 87.2 Å². The summed E-state index contributed by atoms with van der Waals surface area (Å²) in [5.41, 5.74) is 0.562. The van der Waals surface area contributed by atoms with E-state index in [1.165, 1.54) is 18.2 Å². The number of hydrogen-bond donors (Lipinski definition) is 2. The third-order valence-electron chi connectivity index (χ3n) is 1.69. The molecule has 1 aromatic carbocycles. The van der Waals surface area contributed by atoms with Crippen molar-refractivity contribution in [2.24, 2.45) is 0 Å². The number of halogens is 1. The van der Waals surface area contributed by atoms with Crippen molar-refractivity contribution in [3.63, 3.8) is 0 Å². The maximum atomic E-state index is 10.9.